The molecule has 0 bridgehead atoms. The fourth-order valence-electron chi connectivity index (χ4n) is 2.45. The second-order valence-corrected chi connectivity index (χ2v) is 4.92. The number of aromatic nitrogens is 4. The Labute approximate surface area is 130 Å². The lowest BCUT2D eigenvalue weighted by molar-refractivity contribution is -0.0511. The topological polar surface area (TPSA) is 144 Å². The van der Waals surface area contributed by atoms with Crippen molar-refractivity contribution in [2.24, 2.45) is 0 Å². The van der Waals surface area contributed by atoms with Gasteiger partial charge in [0.05, 0.1) is 27.2 Å². The van der Waals surface area contributed by atoms with Gasteiger partial charge < -0.3 is 24.8 Å². The van der Waals surface area contributed by atoms with Crippen molar-refractivity contribution in [3.8, 4) is 6.01 Å². The Morgan fingerprint density at radius 1 is 1.30 bits per heavy atom. The number of hydrogen-bond acceptors (Lipinski definition) is 10. The lowest BCUT2D eigenvalue weighted by Gasteiger charge is -2.16. The monoisotopic (exact) mass is 327 g/mol. The van der Waals surface area contributed by atoms with E-state index in [9.17, 15) is 15.3 Å². The average molecular weight is 327 g/mol. The van der Waals surface area contributed by atoms with E-state index < -0.39 is 31.1 Å². The van der Waals surface area contributed by atoms with Gasteiger partial charge in [-0.1, -0.05) is 0 Å². The Morgan fingerprint density at radius 2 is 2.09 bits per heavy atom. The fourth-order valence-corrected chi connectivity index (χ4v) is 2.45. The van der Waals surface area contributed by atoms with Crippen LogP contribution in [0.4, 0.5) is 5.82 Å². The van der Waals surface area contributed by atoms with Gasteiger partial charge in [0.25, 0.3) is 0 Å². The normalized spacial score (nSPS) is 27.5. The summed E-state index contributed by atoms with van der Waals surface area (Å²) in [5.74, 6) is 0.278. The van der Waals surface area contributed by atoms with Gasteiger partial charge in [-0.2, -0.15) is 9.97 Å². The maximum Gasteiger partial charge on any atom is 0.320 e. The highest BCUT2D eigenvalue weighted by molar-refractivity contribution is 5.83. The number of nitrogens with zero attached hydrogens (tertiary/aromatic N) is 4. The van der Waals surface area contributed by atoms with Gasteiger partial charge in [0.15, 0.2) is 23.2 Å². The Balaban J connectivity index is 2.07. The molecule has 4 N–H and O–H groups in total. The number of ether oxygens (including phenoxy) is 2. The zero-order valence-corrected chi connectivity index (χ0v) is 12.4. The highest BCUT2D eigenvalue weighted by Gasteiger charge is 2.44. The van der Waals surface area contributed by atoms with E-state index in [1.165, 1.54) is 25.1 Å². The summed E-state index contributed by atoms with van der Waals surface area (Å²) < 4.78 is 12.0. The van der Waals surface area contributed by atoms with Crippen molar-refractivity contribution in [1.29, 1.82) is 0 Å². The van der Waals surface area contributed by atoms with Crippen LogP contribution in [0.2, 0.25) is 0 Å². The lowest BCUT2D eigenvalue weighted by atomic mass is 10.1. The lowest BCUT2D eigenvalue weighted by Crippen LogP contribution is -2.33. The van der Waals surface area contributed by atoms with E-state index in [4.69, 9.17) is 14.3 Å². The standard InChI is InChI=1S/C12H17N5O6/c1-21-12-14-9(16-22-2)6-10(15-12)17(4-13-6)11-8(20)7(19)5(3-18)23-11/h4-5,7-8,11,18-20H,3H2,1-2H3,(H,14,15,16)/t5-,7-,8-,11-/m1/s1. The molecule has 23 heavy (non-hydrogen) atoms. The van der Waals surface area contributed by atoms with Gasteiger partial charge in [-0.15, -0.1) is 0 Å². The number of methoxy groups -OCH3 is 1. The Bertz CT molecular complexity index is 694. The molecular weight excluding hydrogens is 310 g/mol. The van der Waals surface area contributed by atoms with Gasteiger partial charge in [0, 0.05) is 0 Å². The molecule has 2 aromatic heterocycles. The predicted molar refractivity (Wildman–Crippen MR) is 75.5 cm³/mol. The third-order valence-electron chi connectivity index (χ3n) is 3.57. The van der Waals surface area contributed by atoms with Crippen LogP contribution in [0.1, 0.15) is 6.23 Å². The zero-order chi connectivity index (χ0) is 16.6. The minimum Gasteiger partial charge on any atom is -0.467 e. The quantitative estimate of drug-likeness (QED) is 0.475. The van der Waals surface area contributed by atoms with Crippen LogP contribution < -0.4 is 10.2 Å². The molecule has 11 nitrogen and oxygen atoms in total. The van der Waals surface area contributed by atoms with E-state index in [0.717, 1.165) is 0 Å². The number of rotatable bonds is 5. The summed E-state index contributed by atoms with van der Waals surface area (Å²) in [6.07, 6.45) is -2.93. The zero-order valence-electron chi connectivity index (χ0n) is 12.4. The molecule has 1 fully saturated rings. The van der Waals surface area contributed by atoms with Gasteiger partial charge in [0.2, 0.25) is 0 Å². The first-order valence-corrected chi connectivity index (χ1v) is 6.80. The first kappa shape index (κ1) is 15.8. The van der Waals surface area contributed by atoms with E-state index in [1.807, 2.05) is 0 Å². The molecule has 3 heterocycles. The number of nitrogens with one attached hydrogen (secondary N) is 1. The Hall–Kier alpha value is -2.05. The van der Waals surface area contributed by atoms with Crippen molar-refractivity contribution in [1.82, 2.24) is 19.5 Å². The maximum absolute atomic E-state index is 10.1. The Morgan fingerprint density at radius 3 is 2.70 bits per heavy atom. The van der Waals surface area contributed by atoms with Gasteiger partial charge in [-0.25, -0.2) is 10.5 Å². The highest BCUT2D eigenvalue weighted by atomic mass is 16.6. The second-order valence-electron chi connectivity index (χ2n) is 4.92. The molecule has 0 aromatic carbocycles. The van der Waals surface area contributed by atoms with Crippen LogP contribution in [0.15, 0.2) is 6.33 Å². The molecule has 0 spiro atoms. The number of fused-ring (bicyclic) bond motifs is 1. The third-order valence-corrected chi connectivity index (χ3v) is 3.57. The molecule has 3 rings (SSSR count). The number of imidazole rings is 1. The molecule has 0 unspecified atom stereocenters. The first-order valence-electron chi connectivity index (χ1n) is 6.80. The van der Waals surface area contributed by atoms with Crippen molar-refractivity contribution in [3.63, 3.8) is 0 Å². The second kappa shape index (κ2) is 6.22. The minimum absolute atomic E-state index is 0.0607. The minimum atomic E-state index is -1.25. The van der Waals surface area contributed by atoms with E-state index in [1.54, 1.807) is 0 Å². The molecule has 0 aliphatic carbocycles. The molecule has 126 valence electrons. The van der Waals surface area contributed by atoms with Crippen LogP contribution in [0, 0.1) is 0 Å². The summed E-state index contributed by atoms with van der Waals surface area (Å²) in [6, 6.07) is 0.0607. The van der Waals surface area contributed by atoms with Crippen LogP contribution in [0.3, 0.4) is 0 Å². The van der Waals surface area contributed by atoms with E-state index in [0.29, 0.717) is 11.2 Å². The smallest absolute Gasteiger partial charge is 0.320 e. The summed E-state index contributed by atoms with van der Waals surface area (Å²) in [6.45, 7) is -0.420. The average Bonchev–Trinajstić information content (AvgIpc) is 3.10. The fraction of sp³-hybridized carbons (Fsp3) is 0.583. The maximum atomic E-state index is 10.1. The van der Waals surface area contributed by atoms with E-state index in [-0.39, 0.29) is 11.8 Å². The molecule has 2 aromatic rings. The molecule has 4 atom stereocenters. The van der Waals surface area contributed by atoms with Crippen LogP contribution in [-0.4, -0.2) is 74.0 Å². The van der Waals surface area contributed by atoms with E-state index >= 15 is 0 Å². The highest BCUT2D eigenvalue weighted by Crippen LogP contribution is 2.32. The van der Waals surface area contributed by atoms with Crippen molar-refractivity contribution in [2.75, 3.05) is 26.3 Å². The van der Waals surface area contributed by atoms with Crippen LogP contribution in [0.25, 0.3) is 11.2 Å². The van der Waals surface area contributed by atoms with Gasteiger partial charge in [-0.3, -0.25) is 9.40 Å². The largest absolute Gasteiger partial charge is 0.467 e. The van der Waals surface area contributed by atoms with Crippen molar-refractivity contribution in [3.05, 3.63) is 6.33 Å². The number of anilines is 1. The summed E-state index contributed by atoms with van der Waals surface area (Å²) in [4.78, 5) is 17.3. The van der Waals surface area contributed by atoms with Crippen LogP contribution in [0.5, 0.6) is 6.01 Å². The van der Waals surface area contributed by atoms with Crippen LogP contribution in [-0.2, 0) is 9.57 Å². The molecule has 0 amide bonds. The molecule has 0 saturated carbocycles. The third kappa shape index (κ3) is 2.58. The molecule has 0 radical (unpaired) electrons. The van der Waals surface area contributed by atoms with Crippen molar-refractivity contribution >= 4 is 17.0 Å². The first-order chi connectivity index (χ1) is 11.1. The number of aliphatic hydroxyl groups is 3. The van der Waals surface area contributed by atoms with Gasteiger partial charge >= 0.3 is 6.01 Å². The van der Waals surface area contributed by atoms with Gasteiger partial charge in [0.1, 0.15) is 18.3 Å². The molecule has 1 saturated heterocycles. The van der Waals surface area contributed by atoms with Crippen molar-refractivity contribution < 1.29 is 29.6 Å². The predicted octanol–water partition coefficient (Wildman–Crippen LogP) is -1.58. The summed E-state index contributed by atoms with van der Waals surface area (Å²) >= 11 is 0. The Kier molecular flexibility index (Phi) is 4.28. The molecule has 11 heteroatoms. The molecular formula is C12H17N5O6. The van der Waals surface area contributed by atoms with E-state index in [2.05, 4.69) is 20.4 Å². The number of aliphatic hydroxyl groups excluding tert-OH is 3. The molecule has 1 aliphatic heterocycles. The number of hydrogen-bond donors (Lipinski definition) is 4. The van der Waals surface area contributed by atoms with Crippen molar-refractivity contribution in [2.45, 2.75) is 24.5 Å². The van der Waals surface area contributed by atoms with Gasteiger partial charge in [-0.05, 0) is 0 Å². The van der Waals surface area contributed by atoms with Crippen LogP contribution >= 0.6 is 0 Å². The molecule has 1 aliphatic rings. The summed E-state index contributed by atoms with van der Waals surface area (Å²) in [5, 5.41) is 29.2. The summed E-state index contributed by atoms with van der Waals surface area (Å²) in [7, 11) is 2.83. The SMILES string of the molecule is CONc1nc(OC)nc2c1ncn2[C@@H]1O[C@H](CO)[C@@H](O)[C@H]1O. The summed E-state index contributed by atoms with van der Waals surface area (Å²) in [5.41, 5.74) is 3.25.